The molecule has 1 amide bonds. The number of rotatable bonds is 3. The van der Waals surface area contributed by atoms with Crippen molar-refractivity contribution in [3.8, 4) is 11.3 Å². The van der Waals surface area contributed by atoms with E-state index in [2.05, 4.69) is 15.6 Å². The topological polar surface area (TPSA) is 54.0 Å². The smallest absolute Gasteiger partial charge is 0.267 e. The van der Waals surface area contributed by atoms with Gasteiger partial charge in [-0.05, 0) is 41.9 Å². The lowest BCUT2D eigenvalue weighted by atomic mass is 10.2. The molecule has 0 bridgehead atoms. The van der Waals surface area contributed by atoms with Crippen LogP contribution in [0.3, 0.4) is 0 Å². The van der Waals surface area contributed by atoms with Gasteiger partial charge in [0.1, 0.15) is 0 Å². The van der Waals surface area contributed by atoms with E-state index in [4.69, 9.17) is 35.4 Å². The molecule has 1 aromatic carbocycles. The summed E-state index contributed by atoms with van der Waals surface area (Å²) in [7, 11) is 0. The maximum absolute atomic E-state index is 11.9. The average Bonchev–Trinajstić information content (AvgIpc) is 3.18. The Balaban J connectivity index is 1.67. The maximum Gasteiger partial charge on any atom is 0.267 e. The van der Waals surface area contributed by atoms with Crippen molar-refractivity contribution in [1.82, 2.24) is 10.3 Å². The first-order valence-electron chi connectivity index (χ1n) is 6.60. The van der Waals surface area contributed by atoms with Gasteiger partial charge in [-0.1, -0.05) is 29.3 Å². The van der Waals surface area contributed by atoms with Crippen molar-refractivity contribution in [1.29, 1.82) is 0 Å². The molecule has 9 heteroatoms. The molecule has 0 aliphatic carbocycles. The summed E-state index contributed by atoms with van der Waals surface area (Å²) < 4.78 is 0. The van der Waals surface area contributed by atoms with Crippen LogP contribution >= 0.6 is 58.1 Å². The van der Waals surface area contributed by atoms with Gasteiger partial charge < -0.3 is 5.32 Å². The largest absolute Gasteiger partial charge is 0.308 e. The molecule has 0 fully saturated rings. The van der Waals surface area contributed by atoms with Crippen LogP contribution in [-0.2, 0) is 0 Å². The minimum Gasteiger partial charge on any atom is -0.308 e. The summed E-state index contributed by atoms with van der Waals surface area (Å²) in [5.74, 6) is -0.250. The molecular weight excluding hydrogens is 405 g/mol. The molecule has 0 spiro atoms. The van der Waals surface area contributed by atoms with Gasteiger partial charge in [0.25, 0.3) is 5.91 Å². The Hall–Kier alpha value is -1.51. The van der Waals surface area contributed by atoms with E-state index in [1.54, 1.807) is 30.3 Å². The number of carbonyl (C=O) groups excluding carboxylic acids is 1. The van der Waals surface area contributed by atoms with E-state index in [1.807, 2.05) is 10.8 Å². The number of amides is 1. The molecule has 0 radical (unpaired) electrons. The number of nitrogens with zero attached hydrogens (tertiary/aromatic N) is 1. The lowest BCUT2D eigenvalue weighted by Crippen LogP contribution is -2.33. The van der Waals surface area contributed by atoms with Crippen LogP contribution in [0.2, 0.25) is 10.0 Å². The van der Waals surface area contributed by atoms with Crippen LogP contribution in [0.25, 0.3) is 11.3 Å². The van der Waals surface area contributed by atoms with E-state index in [1.165, 1.54) is 22.7 Å². The summed E-state index contributed by atoms with van der Waals surface area (Å²) in [4.78, 5) is 16.9. The van der Waals surface area contributed by atoms with Gasteiger partial charge in [0.2, 0.25) is 0 Å². The lowest BCUT2D eigenvalue weighted by molar-refractivity contribution is 0.0981. The molecular formula is C15H9Cl2N3OS3. The number of hydrogen-bond donors (Lipinski definition) is 2. The molecule has 122 valence electrons. The predicted molar refractivity (Wildman–Crippen MR) is 106 cm³/mol. The molecule has 3 rings (SSSR count). The molecule has 0 saturated carbocycles. The summed E-state index contributed by atoms with van der Waals surface area (Å²) >= 11 is 19.9. The van der Waals surface area contributed by atoms with Crippen LogP contribution < -0.4 is 10.6 Å². The SMILES string of the molecule is O=C(NC(=S)Nc1nc(-c2ccc(Cl)cc2Cl)cs1)c1cccs1. The van der Waals surface area contributed by atoms with E-state index in [-0.39, 0.29) is 11.0 Å². The first-order chi connectivity index (χ1) is 11.5. The van der Waals surface area contributed by atoms with Gasteiger partial charge in [-0.3, -0.25) is 10.1 Å². The van der Waals surface area contributed by atoms with Gasteiger partial charge in [0, 0.05) is 16.0 Å². The number of hydrogen-bond acceptors (Lipinski definition) is 5. The molecule has 4 nitrogen and oxygen atoms in total. The number of aromatic nitrogens is 1. The van der Waals surface area contributed by atoms with Crippen molar-refractivity contribution >= 4 is 74.2 Å². The number of benzene rings is 1. The molecule has 2 N–H and O–H groups in total. The monoisotopic (exact) mass is 413 g/mol. The molecule has 0 aliphatic heterocycles. The first kappa shape index (κ1) is 17.3. The minimum absolute atomic E-state index is 0.191. The number of anilines is 1. The second kappa shape index (κ2) is 7.58. The predicted octanol–water partition coefficient (Wildman–Crippen LogP) is 5.31. The van der Waals surface area contributed by atoms with E-state index >= 15 is 0 Å². The van der Waals surface area contributed by atoms with Gasteiger partial charge >= 0.3 is 0 Å². The minimum atomic E-state index is -0.250. The molecule has 0 unspecified atom stereocenters. The van der Waals surface area contributed by atoms with Crippen molar-refractivity contribution in [3.63, 3.8) is 0 Å². The fourth-order valence-corrected chi connectivity index (χ4v) is 3.95. The normalized spacial score (nSPS) is 10.4. The number of halogens is 2. The molecule has 0 saturated heterocycles. The van der Waals surface area contributed by atoms with Crippen LogP contribution in [0.15, 0.2) is 41.1 Å². The highest BCUT2D eigenvalue weighted by Crippen LogP contribution is 2.32. The third-order valence-electron chi connectivity index (χ3n) is 2.90. The number of nitrogens with one attached hydrogen (secondary N) is 2. The zero-order valence-corrected chi connectivity index (χ0v) is 15.8. The zero-order chi connectivity index (χ0) is 17.1. The zero-order valence-electron chi connectivity index (χ0n) is 11.9. The van der Waals surface area contributed by atoms with Crippen LogP contribution in [0.1, 0.15) is 9.67 Å². The third kappa shape index (κ3) is 4.12. The fraction of sp³-hybridized carbons (Fsp3) is 0. The van der Waals surface area contributed by atoms with Gasteiger partial charge in [0.15, 0.2) is 10.2 Å². The van der Waals surface area contributed by atoms with Gasteiger partial charge in [-0.25, -0.2) is 4.98 Å². The van der Waals surface area contributed by atoms with Crippen LogP contribution in [0.4, 0.5) is 5.13 Å². The lowest BCUT2D eigenvalue weighted by Gasteiger charge is -2.05. The molecule has 2 aromatic heterocycles. The summed E-state index contributed by atoms with van der Waals surface area (Å²) in [6.45, 7) is 0. The number of thiophene rings is 1. The Morgan fingerprint density at radius 1 is 1.21 bits per heavy atom. The Kier molecular flexibility index (Phi) is 5.47. The van der Waals surface area contributed by atoms with Crippen molar-refractivity contribution < 1.29 is 4.79 Å². The van der Waals surface area contributed by atoms with E-state index in [0.717, 1.165) is 5.56 Å². The third-order valence-corrected chi connectivity index (χ3v) is 5.28. The van der Waals surface area contributed by atoms with Gasteiger partial charge in [0.05, 0.1) is 15.6 Å². The van der Waals surface area contributed by atoms with Crippen molar-refractivity contribution in [2.45, 2.75) is 0 Å². The molecule has 2 heterocycles. The Labute approximate surface area is 161 Å². The molecule has 0 aliphatic rings. The van der Waals surface area contributed by atoms with Crippen LogP contribution in [0.5, 0.6) is 0 Å². The maximum atomic E-state index is 11.9. The Morgan fingerprint density at radius 3 is 2.75 bits per heavy atom. The van der Waals surface area contributed by atoms with Crippen molar-refractivity contribution in [3.05, 3.63) is 56.0 Å². The summed E-state index contributed by atoms with van der Waals surface area (Å²) in [5.41, 5.74) is 1.48. The Bertz CT molecular complexity index is 893. The number of carbonyl (C=O) groups is 1. The standard InChI is InChI=1S/C15H9Cl2N3OS3/c16-8-3-4-9(10(17)6-8)11-7-24-15(18-11)20-14(22)19-13(21)12-2-1-5-23-12/h1-7H,(H2,18,19,20,21,22). The second-order valence-electron chi connectivity index (χ2n) is 4.55. The van der Waals surface area contributed by atoms with Gasteiger partial charge in [-0.15, -0.1) is 22.7 Å². The quantitative estimate of drug-likeness (QED) is 0.571. The second-order valence-corrected chi connectivity index (χ2v) is 7.61. The highest BCUT2D eigenvalue weighted by molar-refractivity contribution is 7.80. The number of thiocarbonyl (C=S) groups is 1. The molecule has 24 heavy (non-hydrogen) atoms. The van der Waals surface area contributed by atoms with Gasteiger partial charge in [-0.2, -0.15) is 0 Å². The highest BCUT2D eigenvalue weighted by Gasteiger charge is 2.12. The summed E-state index contributed by atoms with van der Waals surface area (Å²) in [6, 6.07) is 8.75. The first-order valence-corrected chi connectivity index (χ1v) is 9.52. The average molecular weight is 414 g/mol. The summed E-state index contributed by atoms with van der Waals surface area (Å²) in [5, 5.41) is 11.0. The van der Waals surface area contributed by atoms with Crippen molar-refractivity contribution in [2.75, 3.05) is 5.32 Å². The van der Waals surface area contributed by atoms with Crippen LogP contribution in [0, 0.1) is 0 Å². The number of thiazole rings is 1. The van der Waals surface area contributed by atoms with Crippen molar-refractivity contribution in [2.24, 2.45) is 0 Å². The fourth-order valence-electron chi connectivity index (χ4n) is 1.85. The molecule has 0 atom stereocenters. The molecule has 3 aromatic rings. The summed E-state index contributed by atoms with van der Waals surface area (Å²) in [6.07, 6.45) is 0. The highest BCUT2D eigenvalue weighted by atomic mass is 35.5. The van der Waals surface area contributed by atoms with E-state index in [9.17, 15) is 4.79 Å². The Morgan fingerprint density at radius 2 is 2.04 bits per heavy atom. The van der Waals surface area contributed by atoms with Crippen LogP contribution in [-0.4, -0.2) is 16.0 Å². The van der Waals surface area contributed by atoms with E-state index in [0.29, 0.717) is 25.7 Å². The van der Waals surface area contributed by atoms with E-state index < -0.39 is 0 Å².